The van der Waals surface area contributed by atoms with Crippen LogP contribution in [0.2, 0.25) is 0 Å². The zero-order chi connectivity index (χ0) is 22.7. The Kier molecular flexibility index (Phi) is 10.4. The van der Waals surface area contributed by atoms with E-state index in [0.717, 1.165) is 22.4 Å². The number of nitrogens with zero attached hydrogens (tertiary/aromatic N) is 1. The number of ether oxygens (including phenoxy) is 1. The monoisotopic (exact) mass is 414 g/mol. The second-order valence-corrected chi connectivity index (χ2v) is 6.50. The van der Waals surface area contributed by atoms with Crippen LogP contribution in [0.15, 0.2) is 36.4 Å². The van der Waals surface area contributed by atoms with Crippen molar-refractivity contribution in [3.05, 3.63) is 53.1 Å². The van der Waals surface area contributed by atoms with E-state index >= 15 is 0 Å². The van der Waals surface area contributed by atoms with Crippen molar-refractivity contribution in [2.24, 2.45) is 0 Å². The van der Waals surface area contributed by atoms with E-state index in [2.05, 4.69) is 5.32 Å². The molecule has 0 atom stereocenters. The molecule has 3 rings (SSSR count). The van der Waals surface area contributed by atoms with Gasteiger partial charge in [0.1, 0.15) is 17.2 Å². The fourth-order valence-corrected chi connectivity index (χ4v) is 3.07. The number of carbonyl (C=O) groups excluding carboxylic acids is 2. The molecule has 1 aliphatic rings. The lowest BCUT2D eigenvalue weighted by atomic mass is 10.0. The van der Waals surface area contributed by atoms with Crippen molar-refractivity contribution in [1.82, 2.24) is 10.2 Å². The van der Waals surface area contributed by atoms with Gasteiger partial charge in [0, 0.05) is 13.1 Å². The van der Waals surface area contributed by atoms with Crippen LogP contribution < -0.4 is 10.1 Å². The number of carbonyl (C=O) groups is 2. The van der Waals surface area contributed by atoms with Crippen LogP contribution in [0.25, 0.3) is 0 Å². The van der Waals surface area contributed by atoms with Crippen molar-refractivity contribution in [3.63, 3.8) is 0 Å². The molecule has 2 amide bonds. The number of aryl methyl sites for hydroxylation is 2. The molecule has 2 aromatic carbocycles. The summed E-state index contributed by atoms with van der Waals surface area (Å²) in [6.45, 7) is 13.0. The van der Waals surface area contributed by atoms with Crippen LogP contribution >= 0.6 is 0 Å². The molecule has 0 spiro atoms. The van der Waals surface area contributed by atoms with Gasteiger partial charge in [-0.3, -0.25) is 9.59 Å². The van der Waals surface area contributed by atoms with Gasteiger partial charge in [0.05, 0.1) is 13.0 Å². The summed E-state index contributed by atoms with van der Waals surface area (Å²) >= 11 is 0. The molecule has 2 aromatic rings. The maximum atomic E-state index is 12.4. The molecule has 0 bridgehead atoms. The zero-order valence-electron chi connectivity index (χ0n) is 18.9. The Morgan fingerprint density at radius 3 is 2.17 bits per heavy atom. The van der Waals surface area contributed by atoms with E-state index in [4.69, 9.17) is 4.74 Å². The number of aromatic hydroxyl groups is 1. The normalized spacial score (nSPS) is 12.6. The molecule has 1 saturated heterocycles. The topological polar surface area (TPSA) is 78.9 Å². The molecule has 164 valence electrons. The van der Waals surface area contributed by atoms with E-state index in [0.29, 0.717) is 18.8 Å². The second kappa shape index (κ2) is 12.5. The smallest absolute Gasteiger partial charge is 0.239 e. The van der Waals surface area contributed by atoms with E-state index in [1.807, 2.05) is 53.7 Å². The van der Waals surface area contributed by atoms with E-state index < -0.39 is 0 Å². The zero-order valence-corrected chi connectivity index (χ0v) is 18.9. The van der Waals surface area contributed by atoms with Crippen LogP contribution in [-0.4, -0.2) is 41.5 Å². The van der Waals surface area contributed by atoms with Gasteiger partial charge in [-0.1, -0.05) is 39.8 Å². The Hall–Kier alpha value is -3.02. The van der Waals surface area contributed by atoms with Gasteiger partial charge in [0.25, 0.3) is 0 Å². The summed E-state index contributed by atoms with van der Waals surface area (Å²) in [5.41, 5.74) is 2.75. The average Bonchev–Trinajstić information content (AvgIpc) is 2.75. The van der Waals surface area contributed by atoms with Crippen LogP contribution in [0.1, 0.15) is 44.4 Å². The third kappa shape index (κ3) is 7.10. The van der Waals surface area contributed by atoms with Gasteiger partial charge >= 0.3 is 0 Å². The molecule has 30 heavy (non-hydrogen) atoms. The molecular weight excluding hydrogens is 380 g/mol. The number of hydrogen-bond donors (Lipinski definition) is 2. The summed E-state index contributed by atoms with van der Waals surface area (Å²) in [4.78, 5) is 25.5. The summed E-state index contributed by atoms with van der Waals surface area (Å²) in [6.07, 6.45) is 0.258. The van der Waals surface area contributed by atoms with Crippen molar-refractivity contribution in [2.75, 3.05) is 19.6 Å². The lowest BCUT2D eigenvalue weighted by Crippen LogP contribution is -2.50. The van der Waals surface area contributed by atoms with Gasteiger partial charge in [-0.25, -0.2) is 0 Å². The van der Waals surface area contributed by atoms with Crippen LogP contribution in [0.5, 0.6) is 17.2 Å². The van der Waals surface area contributed by atoms with Crippen LogP contribution in [-0.2, 0) is 16.0 Å². The Morgan fingerprint density at radius 1 is 1.07 bits per heavy atom. The summed E-state index contributed by atoms with van der Waals surface area (Å²) in [6, 6.07) is 10.4. The van der Waals surface area contributed by atoms with Gasteiger partial charge in [-0.05, 0) is 54.8 Å². The quantitative estimate of drug-likeness (QED) is 0.779. The number of rotatable bonds is 4. The molecule has 6 nitrogen and oxygen atoms in total. The minimum Gasteiger partial charge on any atom is -0.508 e. The van der Waals surface area contributed by atoms with Crippen molar-refractivity contribution in [1.29, 1.82) is 0 Å². The van der Waals surface area contributed by atoms with Crippen LogP contribution in [0.3, 0.4) is 0 Å². The first-order valence-corrected chi connectivity index (χ1v) is 10.5. The molecule has 1 fully saturated rings. The predicted molar refractivity (Wildman–Crippen MR) is 120 cm³/mol. The van der Waals surface area contributed by atoms with Gasteiger partial charge in [0.15, 0.2) is 0 Å². The van der Waals surface area contributed by atoms with Crippen molar-refractivity contribution in [3.8, 4) is 17.2 Å². The highest BCUT2D eigenvalue weighted by Crippen LogP contribution is 2.31. The highest BCUT2D eigenvalue weighted by atomic mass is 16.5. The third-order valence-corrected chi connectivity index (χ3v) is 4.32. The van der Waals surface area contributed by atoms with Crippen molar-refractivity contribution >= 4 is 11.8 Å². The standard InChI is InChI=1S/C20H22N2O4.2C2H6/c1-13-9-15(11-19(25)22-8-7-21-18(24)12-22)10-14(2)20(13)26-17-5-3-16(23)4-6-17;2*1-2/h3-6,9-10,23H,7-8,11-12H2,1-2H3,(H,21,24);2*1-2H3. The maximum Gasteiger partial charge on any atom is 0.239 e. The molecule has 0 saturated carbocycles. The first kappa shape index (κ1) is 25.0. The molecule has 6 heteroatoms. The molecule has 0 aliphatic carbocycles. The minimum atomic E-state index is -0.116. The lowest BCUT2D eigenvalue weighted by molar-refractivity contribution is -0.137. The summed E-state index contributed by atoms with van der Waals surface area (Å²) in [5.74, 6) is 1.40. The van der Waals surface area contributed by atoms with Gasteiger partial charge in [-0.15, -0.1) is 0 Å². The molecule has 0 aromatic heterocycles. The summed E-state index contributed by atoms with van der Waals surface area (Å²) in [7, 11) is 0. The van der Waals surface area contributed by atoms with Crippen molar-refractivity contribution in [2.45, 2.75) is 48.0 Å². The fraction of sp³-hybridized carbons (Fsp3) is 0.417. The Bertz CT molecular complexity index is 809. The third-order valence-electron chi connectivity index (χ3n) is 4.32. The average molecular weight is 415 g/mol. The molecule has 1 heterocycles. The number of piperazine rings is 1. The minimum absolute atomic E-state index is 0.0501. The summed E-state index contributed by atoms with van der Waals surface area (Å²) in [5, 5.41) is 12.1. The highest BCUT2D eigenvalue weighted by Gasteiger charge is 2.21. The highest BCUT2D eigenvalue weighted by molar-refractivity contribution is 5.87. The van der Waals surface area contributed by atoms with E-state index in [1.165, 1.54) is 0 Å². The SMILES string of the molecule is CC.CC.Cc1cc(CC(=O)N2CCNC(=O)C2)cc(C)c1Oc1ccc(O)cc1. The number of benzene rings is 2. The molecule has 0 radical (unpaired) electrons. The van der Waals surface area contributed by atoms with Crippen LogP contribution in [0.4, 0.5) is 0 Å². The lowest BCUT2D eigenvalue weighted by Gasteiger charge is -2.26. The van der Waals surface area contributed by atoms with Gasteiger partial charge in [-0.2, -0.15) is 0 Å². The largest absolute Gasteiger partial charge is 0.508 e. The fourth-order valence-electron chi connectivity index (χ4n) is 3.07. The van der Waals surface area contributed by atoms with Gasteiger partial charge in [0.2, 0.25) is 11.8 Å². The number of amides is 2. The summed E-state index contributed by atoms with van der Waals surface area (Å²) < 4.78 is 5.93. The Labute approximate surface area is 179 Å². The Morgan fingerprint density at radius 2 is 1.63 bits per heavy atom. The second-order valence-electron chi connectivity index (χ2n) is 6.50. The molecule has 2 N–H and O–H groups in total. The molecule has 0 unspecified atom stereocenters. The number of phenols is 1. The van der Waals surface area contributed by atoms with Crippen molar-refractivity contribution < 1.29 is 19.4 Å². The maximum absolute atomic E-state index is 12.4. The predicted octanol–water partition coefficient (Wildman–Crippen LogP) is 4.35. The molecular formula is C24H34N2O4. The van der Waals surface area contributed by atoms with Crippen LogP contribution in [0, 0.1) is 13.8 Å². The first-order chi connectivity index (χ1) is 14.4. The Balaban J connectivity index is 0.00000106. The number of phenolic OH excluding ortho intramolecular Hbond substituents is 1. The van der Waals surface area contributed by atoms with E-state index in [9.17, 15) is 14.7 Å². The number of nitrogens with one attached hydrogen (secondary N) is 1. The molecule has 1 aliphatic heterocycles. The first-order valence-electron chi connectivity index (χ1n) is 10.5. The number of hydrogen-bond acceptors (Lipinski definition) is 4. The van der Waals surface area contributed by atoms with E-state index in [1.54, 1.807) is 29.2 Å². The van der Waals surface area contributed by atoms with E-state index in [-0.39, 0.29) is 30.5 Å². The van der Waals surface area contributed by atoms with Gasteiger partial charge < -0.3 is 20.1 Å².